The number of nitrogens with zero attached hydrogens (tertiary/aromatic N) is 2. The molecule has 0 bridgehead atoms. The number of hydrogen-bond donors (Lipinski definition) is 0. The standard InChI is InChI=1S/2C14H17NO2/c2*1-15(2)13-6-4-11-5-7-14(17-10-16-3)9-12(11)8-13/h2*4-9H,10H2,1-3H3. The lowest BCUT2D eigenvalue weighted by atomic mass is 10.1. The van der Waals surface area contributed by atoms with Gasteiger partial charge in [0.05, 0.1) is 0 Å². The van der Waals surface area contributed by atoms with Crippen LogP contribution in [-0.2, 0) is 9.47 Å². The van der Waals surface area contributed by atoms with Crippen molar-refractivity contribution < 1.29 is 18.9 Å². The highest BCUT2D eigenvalue weighted by Crippen LogP contribution is 2.26. The normalized spacial score (nSPS) is 10.5. The third-order valence-electron chi connectivity index (χ3n) is 5.31. The number of anilines is 2. The van der Waals surface area contributed by atoms with Gasteiger partial charge in [-0.2, -0.15) is 0 Å². The van der Waals surface area contributed by atoms with Crippen LogP contribution in [0.25, 0.3) is 21.5 Å². The predicted molar refractivity (Wildman–Crippen MR) is 142 cm³/mol. The van der Waals surface area contributed by atoms with Crippen LogP contribution in [0.4, 0.5) is 11.4 Å². The minimum atomic E-state index is 0.277. The Bertz CT molecular complexity index is 1110. The van der Waals surface area contributed by atoms with Crippen LogP contribution < -0.4 is 19.3 Å². The van der Waals surface area contributed by atoms with Crippen molar-refractivity contribution in [2.24, 2.45) is 0 Å². The van der Waals surface area contributed by atoms with E-state index in [0.29, 0.717) is 0 Å². The molecule has 6 heteroatoms. The van der Waals surface area contributed by atoms with Gasteiger partial charge >= 0.3 is 0 Å². The summed E-state index contributed by atoms with van der Waals surface area (Å²) in [5.74, 6) is 1.66. The van der Waals surface area contributed by atoms with Gasteiger partial charge in [0.15, 0.2) is 13.6 Å². The second-order valence-corrected chi connectivity index (χ2v) is 8.28. The first kappa shape index (κ1) is 25.1. The van der Waals surface area contributed by atoms with Crippen molar-refractivity contribution in [3.63, 3.8) is 0 Å². The Balaban J connectivity index is 0.000000191. The summed E-state index contributed by atoms with van der Waals surface area (Å²) in [6.45, 7) is 0.553. The highest BCUT2D eigenvalue weighted by molar-refractivity contribution is 5.88. The van der Waals surface area contributed by atoms with Crippen LogP contribution in [0, 0.1) is 0 Å². The predicted octanol–water partition coefficient (Wildman–Crippen LogP) is 5.78. The van der Waals surface area contributed by atoms with E-state index in [0.717, 1.165) is 11.5 Å². The van der Waals surface area contributed by atoms with Gasteiger partial charge < -0.3 is 28.7 Å². The summed E-state index contributed by atoms with van der Waals surface area (Å²) in [7, 11) is 11.4. The van der Waals surface area contributed by atoms with E-state index in [-0.39, 0.29) is 13.6 Å². The van der Waals surface area contributed by atoms with Gasteiger partial charge in [0.25, 0.3) is 0 Å². The van der Waals surface area contributed by atoms with E-state index < -0.39 is 0 Å². The first-order valence-electron chi connectivity index (χ1n) is 11.1. The van der Waals surface area contributed by atoms with E-state index in [1.54, 1.807) is 14.2 Å². The molecule has 0 unspecified atom stereocenters. The van der Waals surface area contributed by atoms with E-state index in [9.17, 15) is 0 Å². The molecule has 0 radical (unpaired) electrons. The molecule has 0 aliphatic carbocycles. The zero-order valence-electron chi connectivity index (χ0n) is 20.9. The molecule has 4 aromatic carbocycles. The zero-order valence-corrected chi connectivity index (χ0v) is 20.9. The fourth-order valence-corrected chi connectivity index (χ4v) is 3.41. The summed E-state index contributed by atoms with van der Waals surface area (Å²) in [4.78, 5) is 4.17. The largest absolute Gasteiger partial charge is 0.468 e. The molecule has 0 aliphatic heterocycles. The molecule has 4 rings (SSSR count). The molecule has 0 N–H and O–H groups in total. The Morgan fingerprint density at radius 2 is 0.882 bits per heavy atom. The minimum Gasteiger partial charge on any atom is -0.468 e. The van der Waals surface area contributed by atoms with Crippen molar-refractivity contribution in [2.75, 3.05) is 65.8 Å². The van der Waals surface area contributed by atoms with Crippen molar-refractivity contribution >= 4 is 32.9 Å². The average molecular weight is 463 g/mol. The van der Waals surface area contributed by atoms with Gasteiger partial charge in [0, 0.05) is 53.8 Å². The molecule has 0 aliphatic rings. The first-order valence-corrected chi connectivity index (χ1v) is 11.1. The second kappa shape index (κ2) is 12.1. The van der Waals surface area contributed by atoms with Gasteiger partial charge in [-0.15, -0.1) is 0 Å². The molecule has 0 atom stereocenters. The molecule has 180 valence electrons. The van der Waals surface area contributed by atoms with E-state index in [4.69, 9.17) is 18.9 Å². The van der Waals surface area contributed by atoms with Crippen molar-refractivity contribution in [3.8, 4) is 11.5 Å². The first-order chi connectivity index (χ1) is 16.4. The molecular formula is C28H34N2O4. The lowest BCUT2D eigenvalue weighted by molar-refractivity contribution is 0.0510. The second-order valence-electron chi connectivity index (χ2n) is 8.28. The summed E-state index contributed by atoms with van der Waals surface area (Å²) in [6, 6.07) is 24.8. The fraction of sp³-hybridized carbons (Fsp3) is 0.286. The summed E-state index contributed by atoms with van der Waals surface area (Å²) < 4.78 is 20.6. The lowest BCUT2D eigenvalue weighted by Gasteiger charge is -2.13. The lowest BCUT2D eigenvalue weighted by Crippen LogP contribution is -2.08. The van der Waals surface area contributed by atoms with E-state index in [1.807, 2.05) is 52.5 Å². The van der Waals surface area contributed by atoms with Crippen molar-refractivity contribution in [1.29, 1.82) is 0 Å². The van der Waals surface area contributed by atoms with Crippen LogP contribution in [0.2, 0.25) is 0 Å². The fourth-order valence-electron chi connectivity index (χ4n) is 3.41. The Morgan fingerprint density at radius 1 is 0.500 bits per heavy atom. The van der Waals surface area contributed by atoms with Gasteiger partial charge in [-0.3, -0.25) is 0 Å². The molecule has 0 amide bonds. The molecule has 34 heavy (non-hydrogen) atoms. The molecule has 0 fully saturated rings. The Labute approximate surface area is 202 Å². The topological polar surface area (TPSA) is 43.4 Å². The zero-order chi connectivity index (χ0) is 24.5. The molecule has 6 nitrogen and oxygen atoms in total. The Kier molecular flexibility index (Phi) is 8.96. The minimum absolute atomic E-state index is 0.277. The molecule has 0 saturated heterocycles. The van der Waals surface area contributed by atoms with Gasteiger partial charge in [-0.05, 0) is 70.1 Å². The maximum atomic E-state index is 5.43. The summed E-state index contributed by atoms with van der Waals surface area (Å²) >= 11 is 0. The average Bonchev–Trinajstić information content (AvgIpc) is 2.85. The SMILES string of the molecule is COCOc1ccc2ccc(N(C)C)cc2c1.COCOc1ccc2ccc(N(C)C)cc2c1. The van der Waals surface area contributed by atoms with Gasteiger partial charge in [-0.1, -0.05) is 24.3 Å². The molecule has 0 saturated carbocycles. The molecule has 0 aromatic heterocycles. The molecule has 4 aromatic rings. The van der Waals surface area contributed by atoms with Crippen LogP contribution in [0.3, 0.4) is 0 Å². The van der Waals surface area contributed by atoms with E-state index in [1.165, 1.54) is 32.9 Å². The van der Waals surface area contributed by atoms with Crippen LogP contribution in [0.5, 0.6) is 11.5 Å². The van der Waals surface area contributed by atoms with Crippen LogP contribution in [0.15, 0.2) is 72.8 Å². The highest BCUT2D eigenvalue weighted by atomic mass is 16.7. The maximum Gasteiger partial charge on any atom is 0.188 e. The molecule has 0 spiro atoms. The third kappa shape index (κ3) is 6.76. The summed E-state index contributed by atoms with van der Waals surface area (Å²) in [5, 5.41) is 4.76. The smallest absolute Gasteiger partial charge is 0.188 e. The van der Waals surface area contributed by atoms with Gasteiger partial charge in [0.1, 0.15) is 11.5 Å². The van der Waals surface area contributed by atoms with Crippen molar-refractivity contribution in [2.45, 2.75) is 0 Å². The van der Waals surface area contributed by atoms with Crippen molar-refractivity contribution in [1.82, 2.24) is 0 Å². The number of fused-ring (bicyclic) bond motifs is 2. The number of benzene rings is 4. The molecule has 0 heterocycles. The summed E-state index contributed by atoms with van der Waals surface area (Å²) in [5.41, 5.74) is 2.36. The molecular weight excluding hydrogens is 428 g/mol. The van der Waals surface area contributed by atoms with E-state index >= 15 is 0 Å². The van der Waals surface area contributed by atoms with E-state index in [2.05, 4.69) is 58.3 Å². The monoisotopic (exact) mass is 462 g/mol. The number of methoxy groups -OCH3 is 2. The number of rotatable bonds is 8. The van der Waals surface area contributed by atoms with Crippen LogP contribution >= 0.6 is 0 Å². The number of hydrogen-bond acceptors (Lipinski definition) is 6. The highest BCUT2D eigenvalue weighted by Gasteiger charge is 2.02. The quantitative estimate of drug-likeness (QED) is 0.310. The summed E-state index contributed by atoms with van der Waals surface area (Å²) in [6.07, 6.45) is 0. The number of ether oxygens (including phenoxy) is 4. The van der Waals surface area contributed by atoms with Gasteiger partial charge in [0.2, 0.25) is 0 Å². The van der Waals surface area contributed by atoms with Gasteiger partial charge in [-0.25, -0.2) is 0 Å². The Hall–Kier alpha value is -3.48. The maximum absolute atomic E-state index is 5.43. The van der Waals surface area contributed by atoms with Crippen LogP contribution in [-0.4, -0.2) is 56.0 Å². The van der Waals surface area contributed by atoms with Crippen LogP contribution in [0.1, 0.15) is 0 Å². The van der Waals surface area contributed by atoms with Crippen molar-refractivity contribution in [3.05, 3.63) is 72.8 Å². The Morgan fingerprint density at radius 3 is 1.24 bits per heavy atom. The third-order valence-corrected chi connectivity index (χ3v) is 5.31.